The number of carbonyl (C=O) groups is 1. The molecule has 1 aromatic heterocycles. The Labute approximate surface area is 149 Å². The first-order valence-corrected chi connectivity index (χ1v) is 8.59. The molecule has 1 unspecified atom stereocenters. The van der Waals surface area contributed by atoms with Gasteiger partial charge in [-0.25, -0.2) is 4.98 Å². The number of pyridine rings is 1. The molecule has 0 N–H and O–H groups in total. The fraction of sp³-hybridized carbons (Fsp3) is 0.333. The molecule has 0 saturated carbocycles. The average molecular weight is 391 g/mol. The summed E-state index contributed by atoms with van der Waals surface area (Å²) in [5.74, 6) is 1.25. The predicted octanol–water partition coefficient (Wildman–Crippen LogP) is 3.45. The van der Waals surface area contributed by atoms with Crippen molar-refractivity contribution < 1.29 is 14.3 Å². The number of likely N-dealkylation sites (tertiary alicyclic amines) is 1. The largest absolute Gasteiger partial charge is 0.497 e. The first-order chi connectivity index (χ1) is 11.6. The molecule has 6 heteroatoms. The third-order valence-electron chi connectivity index (χ3n) is 3.99. The number of ether oxygens (including phenoxy) is 2. The molecule has 5 nitrogen and oxygen atoms in total. The van der Waals surface area contributed by atoms with Crippen LogP contribution < -0.4 is 9.47 Å². The molecule has 1 aromatic carbocycles. The molecule has 1 aliphatic heterocycles. The second-order valence-corrected chi connectivity index (χ2v) is 6.60. The van der Waals surface area contributed by atoms with Crippen molar-refractivity contribution >= 4 is 21.8 Å². The molecule has 3 rings (SSSR count). The fourth-order valence-electron chi connectivity index (χ4n) is 2.73. The van der Waals surface area contributed by atoms with E-state index in [4.69, 9.17) is 9.47 Å². The van der Waals surface area contributed by atoms with E-state index in [1.165, 1.54) is 0 Å². The van der Waals surface area contributed by atoms with E-state index in [-0.39, 0.29) is 12.0 Å². The zero-order chi connectivity index (χ0) is 17.1. The summed E-state index contributed by atoms with van der Waals surface area (Å²) in [6.07, 6.45) is 0.760. The molecule has 0 radical (unpaired) electrons. The summed E-state index contributed by atoms with van der Waals surface area (Å²) < 4.78 is 11.9. The molecular formula is C18H19BrN2O3. The standard InChI is InChI=1S/C18H19BrN2O3/c1-12-4-3-5-17(20-12)24-14-8-9-21(11-14)18(22)15-10-13(23-2)6-7-16(15)19/h3-7,10,14H,8-9,11H2,1-2H3. The van der Waals surface area contributed by atoms with Crippen molar-refractivity contribution in [3.05, 3.63) is 52.1 Å². The van der Waals surface area contributed by atoms with Gasteiger partial charge in [0.05, 0.1) is 19.2 Å². The first-order valence-electron chi connectivity index (χ1n) is 7.80. The zero-order valence-electron chi connectivity index (χ0n) is 13.7. The molecule has 2 heterocycles. The summed E-state index contributed by atoms with van der Waals surface area (Å²) in [5, 5.41) is 0. The van der Waals surface area contributed by atoms with Crippen LogP contribution in [-0.2, 0) is 0 Å². The van der Waals surface area contributed by atoms with Gasteiger partial charge >= 0.3 is 0 Å². The van der Waals surface area contributed by atoms with Crippen molar-refractivity contribution in [2.24, 2.45) is 0 Å². The third-order valence-corrected chi connectivity index (χ3v) is 4.68. The number of hydrogen-bond acceptors (Lipinski definition) is 4. The molecule has 0 spiro atoms. The van der Waals surface area contributed by atoms with Crippen molar-refractivity contribution in [1.29, 1.82) is 0 Å². The Morgan fingerprint density at radius 1 is 1.33 bits per heavy atom. The van der Waals surface area contributed by atoms with Crippen LogP contribution in [0.1, 0.15) is 22.5 Å². The zero-order valence-corrected chi connectivity index (χ0v) is 15.2. The molecule has 1 amide bonds. The van der Waals surface area contributed by atoms with Crippen LogP contribution in [0.15, 0.2) is 40.9 Å². The normalized spacial score (nSPS) is 17.0. The highest BCUT2D eigenvalue weighted by molar-refractivity contribution is 9.10. The Bertz CT molecular complexity index is 751. The van der Waals surface area contributed by atoms with E-state index >= 15 is 0 Å². The first kappa shape index (κ1) is 16.8. The molecule has 0 aliphatic carbocycles. The molecule has 1 atom stereocenters. The molecule has 0 bridgehead atoms. The second-order valence-electron chi connectivity index (χ2n) is 5.74. The van der Waals surface area contributed by atoms with Crippen LogP contribution in [0, 0.1) is 6.92 Å². The molecule has 24 heavy (non-hydrogen) atoms. The number of benzene rings is 1. The quantitative estimate of drug-likeness (QED) is 0.801. The number of amides is 1. The van der Waals surface area contributed by atoms with Crippen molar-refractivity contribution in [1.82, 2.24) is 9.88 Å². The van der Waals surface area contributed by atoms with Crippen LogP contribution in [0.5, 0.6) is 11.6 Å². The number of aromatic nitrogens is 1. The minimum absolute atomic E-state index is 0.0240. The van der Waals surface area contributed by atoms with Crippen LogP contribution in [0.25, 0.3) is 0 Å². The van der Waals surface area contributed by atoms with Crippen molar-refractivity contribution in [3.63, 3.8) is 0 Å². The van der Waals surface area contributed by atoms with Gasteiger partial charge in [-0.15, -0.1) is 0 Å². The van der Waals surface area contributed by atoms with Crippen LogP contribution in [0.2, 0.25) is 0 Å². The molecule has 1 aliphatic rings. The van der Waals surface area contributed by atoms with Gasteiger partial charge in [0, 0.05) is 29.2 Å². The van der Waals surface area contributed by atoms with E-state index in [9.17, 15) is 4.79 Å². The molecular weight excluding hydrogens is 372 g/mol. The van der Waals surface area contributed by atoms with E-state index < -0.39 is 0 Å². The summed E-state index contributed by atoms with van der Waals surface area (Å²) in [6.45, 7) is 3.15. The van der Waals surface area contributed by atoms with Crippen LogP contribution in [-0.4, -0.2) is 42.1 Å². The van der Waals surface area contributed by atoms with Gasteiger partial charge in [0.2, 0.25) is 5.88 Å². The van der Waals surface area contributed by atoms with E-state index in [2.05, 4.69) is 20.9 Å². The monoisotopic (exact) mass is 390 g/mol. The molecule has 1 fully saturated rings. The summed E-state index contributed by atoms with van der Waals surface area (Å²) >= 11 is 3.44. The van der Waals surface area contributed by atoms with Gasteiger partial charge in [0.1, 0.15) is 11.9 Å². The summed E-state index contributed by atoms with van der Waals surface area (Å²) in [4.78, 5) is 18.9. The highest BCUT2D eigenvalue weighted by Crippen LogP contribution is 2.26. The maximum atomic E-state index is 12.8. The minimum atomic E-state index is -0.0346. The number of rotatable bonds is 4. The van der Waals surface area contributed by atoms with Crippen molar-refractivity contribution in [3.8, 4) is 11.6 Å². The summed E-state index contributed by atoms with van der Waals surface area (Å²) in [7, 11) is 1.59. The second kappa shape index (κ2) is 7.21. The van der Waals surface area contributed by atoms with Gasteiger partial charge in [0.15, 0.2) is 0 Å². The van der Waals surface area contributed by atoms with E-state index in [1.54, 1.807) is 18.1 Å². The number of hydrogen-bond donors (Lipinski definition) is 0. The minimum Gasteiger partial charge on any atom is -0.497 e. The van der Waals surface area contributed by atoms with E-state index in [0.717, 1.165) is 16.6 Å². The highest BCUT2D eigenvalue weighted by Gasteiger charge is 2.29. The Morgan fingerprint density at radius 2 is 2.17 bits per heavy atom. The molecule has 126 valence electrons. The van der Waals surface area contributed by atoms with Crippen LogP contribution in [0.4, 0.5) is 0 Å². The lowest BCUT2D eigenvalue weighted by atomic mass is 10.2. The smallest absolute Gasteiger partial charge is 0.255 e. The number of methoxy groups -OCH3 is 1. The SMILES string of the molecule is COc1ccc(Br)c(C(=O)N2CCC(Oc3cccc(C)n3)C2)c1. The maximum absolute atomic E-state index is 12.8. The van der Waals surface area contributed by atoms with E-state index in [1.807, 2.05) is 37.3 Å². The average Bonchev–Trinajstić information content (AvgIpc) is 3.03. The number of halogens is 1. The predicted molar refractivity (Wildman–Crippen MR) is 94.6 cm³/mol. The van der Waals surface area contributed by atoms with Gasteiger partial charge in [-0.3, -0.25) is 4.79 Å². The number of carbonyl (C=O) groups excluding carboxylic acids is 1. The van der Waals surface area contributed by atoms with Crippen molar-refractivity contribution in [2.45, 2.75) is 19.4 Å². The summed E-state index contributed by atoms with van der Waals surface area (Å²) in [5.41, 5.74) is 1.52. The number of nitrogens with zero attached hydrogens (tertiary/aromatic N) is 2. The fourth-order valence-corrected chi connectivity index (χ4v) is 3.15. The van der Waals surface area contributed by atoms with Gasteiger partial charge in [-0.05, 0) is 47.1 Å². The lowest BCUT2D eigenvalue weighted by molar-refractivity contribution is 0.0770. The Kier molecular flexibility index (Phi) is 5.04. The molecule has 1 saturated heterocycles. The Hall–Kier alpha value is -2.08. The Morgan fingerprint density at radius 3 is 2.92 bits per heavy atom. The Balaban J connectivity index is 1.68. The highest BCUT2D eigenvalue weighted by atomic mass is 79.9. The lowest BCUT2D eigenvalue weighted by Crippen LogP contribution is -2.31. The van der Waals surface area contributed by atoms with Gasteiger partial charge < -0.3 is 14.4 Å². The van der Waals surface area contributed by atoms with Gasteiger partial charge in [-0.1, -0.05) is 6.07 Å². The topological polar surface area (TPSA) is 51.7 Å². The van der Waals surface area contributed by atoms with Gasteiger partial charge in [-0.2, -0.15) is 0 Å². The number of aryl methyl sites for hydroxylation is 1. The van der Waals surface area contributed by atoms with Crippen molar-refractivity contribution in [2.75, 3.05) is 20.2 Å². The molecule has 2 aromatic rings. The lowest BCUT2D eigenvalue weighted by Gasteiger charge is -2.18. The van der Waals surface area contributed by atoms with Gasteiger partial charge in [0.25, 0.3) is 5.91 Å². The van der Waals surface area contributed by atoms with E-state index in [0.29, 0.717) is 30.3 Å². The maximum Gasteiger partial charge on any atom is 0.255 e. The van der Waals surface area contributed by atoms with Crippen LogP contribution >= 0.6 is 15.9 Å². The summed E-state index contributed by atoms with van der Waals surface area (Å²) in [6, 6.07) is 11.1. The third kappa shape index (κ3) is 3.70. The van der Waals surface area contributed by atoms with Crippen LogP contribution in [0.3, 0.4) is 0 Å².